The number of carbonyl (C=O) groups is 2. The van der Waals surface area contributed by atoms with E-state index in [-0.39, 0.29) is 28.0 Å². The number of likely N-dealkylation sites (tertiary alicyclic amines) is 1. The first-order valence-corrected chi connectivity index (χ1v) is 12.3. The molecule has 2 amide bonds. The lowest BCUT2D eigenvalue weighted by Gasteiger charge is -2.28. The summed E-state index contributed by atoms with van der Waals surface area (Å²) < 4.78 is 48.5. The highest BCUT2D eigenvalue weighted by atomic mass is 32.2. The molecule has 34 heavy (non-hydrogen) atoms. The molecule has 10 nitrogen and oxygen atoms in total. The van der Waals surface area contributed by atoms with Gasteiger partial charge in [0.05, 0.1) is 25.8 Å². The Hall–Kier alpha value is -3.47. The van der Waals surface area contributed by atoms with Gasteiger partial charge in [0.25, 0.3) is 15.9 Å². The van der Waals surface area contributed by atoms with Crippen LogP contribution in [0.3, 0.4) is 0 Å². The van der Waals surface area contributed by atoms with Crippen molar-refractivity contribution in [2.24, 2.45) is 0 Å². The fourth-order valence-corrected chi connectivity index (χ4v) is 6.17. The zero-order chi connectivity index (χ0) is 24.0. The fourth-order valence-electron chi connectivity index (χ4n) is 4.65. The van der Waals surface area contributed by atoms with Crippen LogP contribution in [0.4, 0.5) is 0 Å². The van der Waals surface area contributed by atoms with Gasteiger partial charge in [-0.3, -0.25) is 9.59 Å². The second kappa shape index (κ2) is 8.39. The molecule has 1 unspecified atom stereocenters. The number of nitrogens with zero attached hydrogens (tertiary/aromatic N) is 2. The molecule has 2 aromatic rings. The second-order valence-electron chi connectivity index (χ2n) is 8.17. The lowest BCUT2D eigenvalue weighted by atomic mass is 10.0. The summed E-state index contributed by atoms with van der Waals surface area (Å²) >= 11 is 0. The standard InChI is InChI=1S/C23H24N2O8S/c1-30-18-11-15-21(12-19(18)31-2)34(28,29)25(23(15)27)13-22(26)24-7-3-4-16(24)14-5-6-17-20(10-14)33-9-8-32-17/h5-6,10-12,16H,3-4,7-9,13H2,1-2H3. The Balaban J connectivity index is 1.40. The third kappa shape index (κ3) is 3.51. The first-order chi connectivity index (χ1) is 16.3. The van der Waals surface area contributed by atoms with Crippen LogP contribution in [-0.2, 0) is 14.8 Å². The van der Waals surface area contributed by atoms with Crippen LogP contribution < -0.4 is 18.9 Å². The summed E-state index contributed by atoms with van der Waals surface area (Å²) in [6.07, 6.45) is 1.49. The zero-order valence-electron chi connectivity index (χ0n) is 18.8. The number of fused-ring (bicyclic) bond motifs is 2. The van der Waals surface area contributed by atoms with Crippen molar-refractivity contribution < 1.29 is 37.0 Å². The van der Waals surface area contributed by atoms with E-state index < -0.39 is 28.4 Å². The van der Waals surface area contributed by atoms with Gasteiger partial charge < -0.3 is 23.8 Å². The van der Waals surface area contributed by atoms with E-state index >= 15 is 0 Å². The Labute approximate surface area is 197 Å². The average molecular weight is 489 g/mol. The number of sulfonamides is 1. The third-order valence-electron chi connectivity index (χ3n) is 6.31. The van der Waals surface area contributed by atoms with Gasteiger partial charge in [-0.05, 0) is 36.6 Å². The average Bonchev–Trinajstić information content (AvgIpc) is 3.41. The molecule has 2 aromatic carbocycles. The van der Waals surface area contributed by atoms with Crippen LogP contribution >= 0.6 is 0 Å². The Morgan fingerprint density at radius 3 is 2.50 bits per heavy atom. The van der Waals surface area contributed by atoms with Gasteiger partial charge in [-0.15, -0.1) is 0 Å². The fraction of sp³-hybridized carbons (Fsp3) is 0.391. The molecule has 1 saturated heterocycles. The lowest BCUT2D eigenvalue weighted by Crippen LogP contribution is -2.42. The van der Waals surface area contributed by atoms with Crippen LogP contribution in [-0.4, -0.2) is 70.0 Å². The van der Waals surface area contributed by atoms with Crippen LogP contribution in [0.25, 0.3) is 0 Å². The van der Waals surface area contributed by atoms with E-state index in [4.69, 9.17) is 18.9 Å². The second-order valence-corrected chi connectivity index (χ2v) is 10.00. The summed E-state index contributed by atoms with van der Waals surface area (Å²) in [5.74, 6) is 0.489. The van der Waals surface area contributed by atoms with E-state index in [1.165, 1.54) is 26.4 Å². The molecular weight excluding hydrogens is 464 g/mol. The summed E-state index contributed by atoms with van der Waals surface area (Å²) in [4.78, 5) is 27.7. The number of hydrogen-bond acceptors (Lipinski definition) is 8. The molecule has 0 N–H and O–H groups in total. The maximum Gasteiger partial charge on any atom is 0.269 e. The minimum atomic E-state index is -4.21. The summed E-state index contributed by atoms with van der Waals surface area (Å²) in [6, 6.07) is 7.89. The minimum absolute atomic E-state index is 0.0461. The molecule has 3 aliphatic heterocycles. The third-order valence-corrected chi connectivity index (χ3v) is 8.08. The van der Waals surface area contributed by atoms with Crippen molar-refractivity contribution in [2.45, 2.75) is 23.8 Å². The van der Waals surface area contributed by atoms with E-state index in [0.717, 1.165) is 18.4 Å². The predicted octanol–water partition coefficient (Wildman–Crippen LogP) is 1.98. The van der Waals surface area contributed by atoms with E-state index in [9.17, 15) is 18.0 Å². The quantitative estimate of drug-likeness (QED) is 0.628. The SMILES string of the molecule is COc1cc2c(cc1OC)S(=O)(=O)N(CC(=O)N1CCCC1c1ccc3c(c1)OCCO3)C2=O. The first kappa shape index (κ1) is 22.3. The molecule has 0 bridgehead atoms. The van der Waals surface area contributed by atoms with Gasteiger partial charge in [0.15, 0.2) is 23.0 Å². The molecule has 0 aromatic heterocycles. The summed E-state index contributed by atoms with van der Waals surface area (Å²) in [6.45, 7) is 0.823. The summed E-state index contributed by atoms with van der Waals surface area (Å²) in [7, 11) is -1.44. The number of benzene rings is 2. The Morgan fingerprint density at radius 1 is 1.06 bits per heavy atom. The van der Waals surface area contributed by atoms with Crippen LogP contribution in [0.5, 0.6) is 23.0 Å². The lowest BCUT2D eigenvalue weighted by molar-refractivity contribution is -0.132. The van der Waals surface area contributed by atoms with E-state index in [1.54, 1.807) is 4.90 Å². The Bertz CT molecular complexity index is 1280. The largest absolute Gasteiger partial charge is 0.493 e. The molecule has 3 heterocycles. The number of amides is 2. The van der Waals surface area contributed by atoms with Gasteiger partial charge in [-0.25, -0.2) is 12.7 Å². The van der Waals surface area contributed by atoms with Gasteiger partial charge in [-0.1, -0.05) is 6.07 Å². The van der Waals surface area contributed by atoms with Crippen LogP contribution in [0.2, 0.25) is 0 Å². The highest BCUT2D eigenvalue weighted by molar-refractivity contribution is 7.90. The molecule has 0 radical (unpaired) electrons. The smallest absolute Gasteiger partial charge is 0.269 e. The molecule has 1 fully saturated rings. The molecular formula is C23H24N2O8S. The van der Waals surface area contributed by atoms with Crippen molar-refractivity contribution >= 4 is 21.8 Å². The normalized spacial score (nSPS) is 20.3. The highest BCUT2D eigenvalue weighted by Crippen LogP contribution is 2.40. The highest BCUT2D eigenvalue weighted by Gasteiger charge is 2.44. The Morgan fingerprint density at radius 2 is 1.76 bits per heavy atom. The number of ether oxygens (including phenoxy) is 4. The minimum Gasteiger partial charge on any atom is -0.493 e. The summed E-state index contributed by atoms with van der Waals surface area (Å²) in [5.41, 5.74) is 0.832. The van der Waals surface area contributed by atoms with E-state index in [2.05, 4.69) is 0 Å². The van der Waals surface area contributed by atoms with Crippen LogP contribution in [0.15, 0.2) is 35.2 Å². The van der Waals surface area contributed by atoms with Crippen molar-refractivity contribution in [2.75, 3.05) is 40.5 Å². The number of rotatable bonds is 5. The van der Waals surface area contributed by atoms with Gasteiger partial charge in [-0.2, -0.15) is 0 Å². The van der Waals surface area contributed by atoms with Gasteiger partial charge >= 0.3 is 0 Å². The molecule has 180 valence electrons. The van der Waals surface area contributed by atoms with Gasteiger partial charge in [0.1, 0.15) is 24.7 Å². The van der Waals surface area contributed by atoms with Crippen molar-refractivity contribution in [3.05, 3.63) is 41.5 Å². The van der Waals surface area contributed by atoms with Crippen LogP contribution in [0.1, 0.15) is 34.8 Å². The molecule has 1 atom stereocenters. The maximum atomic E-state index is 13.3. The van der Waals surface area contributed by atoms with Crippen molar-refractivity contribution in [1.29, 1.82) is 0 Å². The molecule has 0 spiro atoms. The molecule has 5 rings (SSSR count). The van der Waals surface area contributed by atoms with Crippen LogP contribution in [0, 0.1) is 0 Å². The number of methoxy groups -OCH3 is 2. The number of carbonyl (C=O) groups excluding carboxylic acids is 2. The predicted molar refractivity (Wildman–Crippen MR) is 119 cm³/mol. The monoisotopic (exact) mass is 488 g/mol. The molecule has 0 saturated carbocycles. The first-order valence-electron chi connectivity index (χ1n) is 10.9. The topological polar surface area (TPSA) is 112 Å². The summed E-state index contributed by atoms with van der Waals surface area (Å²) in [5, 5.41) is 0. The van der Waals surface area contributed by atoms with Crippen molar-refractivity contribution in [3.63, 3.8) is 0 Å². The Kier molecular flexibility index (Phi) is 5.51. The molecule has 3 aliphatic rings. The maximum absolute atomic E-state index is 13.3. The molecule has 11 heteroatoms. The van der Waals surface area contributed by atoms with E-state index in [1.807, 2.05) is 18.2 Å². The molecule has 0 aliphatic carbocycles. The van der Waals surface area contributed by atoms with Gasteiger partial charge in [0.2, 0.25) is 5.91 Å². The number of hydrogen-bond donors (Lipinski definition) is 0. The van der Waals surface area contributed by atoms with Gasteiger partial charge in [0, 0.05) is 12.6 Å². The zero-order valence-corrected chi connectivity index (χ0v) is 19.6. The van der Waals surface area contributed by atoms with Crippen molar-refractivity contribution in [1.82, 2.24) is 9.21 Å². The van der Waals surface area contributed by atoms with E-state index in [0.29, 0.717) is 35.6 Å². The van der Waals surface area contributed by atoms with Crippen molar-refractivity contribution in [3.8, 4) is 23.0 Å².